The van der Waals surface area contributed by atoms with E-state index >= 15 is 0 Å². The standard InChI is InChI=1S/C30H37F2N3O4/c1-3-24(31)8-7-18-34-29(36)15-10-22(2)27(16-19-33-17-6-4-5-9-30(37)38)28-21-26(39-35-28)20-23-11-13-25(32)14-12-23/h3,7-8,10-17,19,21-22,27-28,35H,4-6,9,18,20H2,1-2H3,(H,34,36)(H,37,38)/b8-7-,15-10+,19-16+,24-3+,33-17?. The normalized spacial score (nSPS) is 17.7. The highest BCUT2D eigenvalue weighted by atomic mass is 19.1. The molecule has 3 atom stereocenters. The molecule has 1 aromatic carbocycles. The van der Waals surface area contributed by atoms with Gasteiger partial charge in [-0.05, 0) is 68.0 Å². The van der Waals surface area contributed by atoms with E-state index in [1.807, 2.05) is 19.1 Å². The number of aliphatic imine (C=N–C) groups is 1. The SMILES string of the molecule is C/C=C(F)\C=C/CNC(=O)/C=C/C(C)C(/C=C/N=CCCCCC(=O)O)C1C=C(Cc2ccc(F)cc2)ON1. The van der Waals surface area contributed by atoms with E-state index < -0.39 is 5.97 Å². The summed E-state index contributed by atoms with van der Waals surface area (Å²) >= 11 is 0. The van der Waals surface area contributed by atoms with Gasteiger partial charge in [-0.3, -0.25) is 14.6 Å². The molecule has 39 heavy (non-hydrogen) atoms. The number of carboxylic acids is 1. The lowest BCUT2D eigenvalue weighted by atomic mass is 9.86. The van der Waals surface area contributed by atoms with Gasteiger partial charge in [0.15, 0.2) is 0 Å². The van der Waals surface area contributed by atoms with Crippen molar-refractivity contribution in [1.82, 2.24) is 10.8 Å². The smallest absolute Gasteiger partial charge is 0.303 e. The summed E-state index contributed by atoms with van der Waals surface area (Å²) in [6.07, 6.45) is 17.4. The molecule has 1 aliphatic heterocycles. The highest BCUT2D eigenvalue weighted by Crippen LogP contribution is 2.26. The highest BCUT2D eigenvalue weighted by Gasteiger charge is 2.27. The van der Waals surface area contributed by atoms with Gasteiger partial charge >= 0.3 is 5.97 Å². The molecule has 0 saturated carbocycles. The molecule has 0 saturated heterocycles. The van der Waals surface area contributed by atoms with Crippen LogP contribution in [0.5, 0.6) is 0 Å². The van der Waals surface area contributed by atoms with E-state index in [2.05, 4.69) is 15.8 Å². The Balaban J connectivity index is 2.03. The largest absolute Gasteiger partial charge is 0.481 e. The molecule has 7 nitrogen and oxygen atoms in total. The average molecular weight is 542 g/mol. The fraction of sp³-hybridized carbons (Fsp3) is 0.367. The summed E-state index contributed by atoms with van der Waals surface area (Å²) in [7, 11) is 0. The quantitative estimate of drug-likeness (QED) is 0.107. The molecule has 210 valence electrons. The lowest BCUT2D eigenvalue weighted by molar-refractivity contribution is -0.137. The van der Waals surface area contributed by atoms with E-state index in [1.54, 1.807) is 37.5 Å². The van der Waals surface area contributed by atoms with Crippen LogP contribution in [0.25, 0.3) is 0 Å². The Morgan fingerprint density at radius 2 is 1.97 bits per heavy atom. The zero-order valence-corrected chi connectivity index (χ0v) is 22.4. The summed E-state index contributed by atoms with van der Waals surface area (Å²) in [5, 5.41) is 11.4. The number of hydrogen-bond donors (Lipinski definition) is 3. The van der Waals surface area contributed by atoms with Crippen LogP contribution < -0.4 is 10.8 Å². The van der Waals surface area contributed by atoms with Crippen LogP contribution >= 0.6 is 0 Å². The van der Waals surface area contributed by atoms with Gasteiger partial charge < -0.3 is 15.3 Å². The second-order valence-electron chi connectivity index (χ2n) is 9.11. The number of carbonyl (C=O) groups is 2. The highest BCUT2D eigenvalue weighted by molar-refractivity contribution is 5.87. The fourth-order valence-corrected chi connectivity index (χ4v) is 3.77. The van der Waals surface area contributed by atoms with E-state index in [4.69, 9.17) is 9.94 Å². The van der Waals surface area contributed by atoms with E-state index in [0.29, 0.717) is 25.0 Å². The number of nitrogens with zero attached hydrogens (tertiary/aromatic N) is 1. The first-order chi connectivity index (χ1) is 18.8. The summed E-state index contributed by atoms with van der Waals surface area (Å²) in [5.74, 6) is -1.26. The summed E-state index contributed by atoms with van der Waals surface area (Å²) < 4.78 is 26.4. The summed E-state index contributed by atoms with van der Waals surface area (Å²) in [6, 6.07) is 6.04. The second-order valence-corrected chi connectivity index (χ2v) is 9.11. The molecule has 1 amide bonds. The Bertz CT molecular complexity index is 1110. The van der Waals surface area contributed by atoms with Crippen LogP contribution in [0.3, 0.4) is 0 Å². The monoisotopic (exact) mass is 541 g/mol. The number of unbranched alkanes of at least 4 members (excludes halogenated alkanes) is 2. The third-order valence-electron chi connectivity index (χ3n) is 5.98. The first-order valence-corrected chi connectivity index (χ1v) is 13.0. The van der Waals surface area contributed by atoms with Gasteiger partial charge in [-0.2, -0.15) is 0 Å². The minimum atomic E-state index is -0.803. The van der Waals surface area contributed by atoms with Crippen molar-refractivity contribution in [3.05, 3.63) is 96.0 Å². The molecule has 0 spiro atoms. The van der Waals surface area contributed by atoms with Gasteiger partial charge in [0.2, 0.25) is 5.91 Å². The maximum Gasteiger partial charge on any atom is 0.303 e. The number of rotatable bonds is 16. The van der Waals surface area contributed by atoms with Crippen LogP contribution in [0.4, 0.5) is 8.78 Å². The Morgan fingerprint density at radius 1 is 1.21 bits per heavy atom. The maximum absolute atomic E-state index is 13.2. The molecule has 1 heterocycles. The van der Waals surface area contributed by atoms with Crippen molar-refractivity contribution in [1.29, 1.82) is 0 Å². The molecule has 3 N–H and O–H groups in total. The van der Waals surface area contributed by atoms with E-state index in [1.165, 1.54) is 36.4 Å². The molecule has 0 fully saturated rings. The maximum atomic E-state index is 13.2. The Hall–Kier alpha value is -3.85. The number of aliphatic carboxylic acids is 1. The molecule has 0 bridgehead atoms. The molecular weight excluding hydrogens is 504 g/mol. The van der Waals surface area contributed by atoms with Gasteiger partial charge in [0.05, 0.1) is 6.04 Å². The molecule has 0 radical (unpaired) electrons. The van der Waals surface area contributed by atoms with Crippen LogP contribution in [0.2, 0.25) is 0 Å². The van der Waals surface area contributed by atoms with Crippen LogP contribution in [-0.4, -0.2) is 35.8 Å². The number of benzene rings is 1. The van der Waals surface area contributed by atoms with E-state index in [-0.39, 0.29) is 48.4 Å². The third-order valence-corrected chi connectivity index (χ3v) is 5.98. The summed E-state index contributed by atoms with van der Waals surface area (Å²) in [5.41, 5.74) is 3.95. The Morgan fingerprint density at radius 3 is 2.69 bits per heavy atom. The summed E-state index contributed by atoms with van der Waals surface area (Å²) in [6.45, 7) is 3.77. The number of halogens is 2. The predicted molar refractivity (Wildman–Crippen MR) is 149 cm³/mol. The van der Waals surface area contributed by atoms with Gasteiger partial charge in [-0.25, -0.2) is 8.78 Å². The molecule has 2 rings (SSSR count). The lowest BCUT2D eigenvalue weighted by Gasteiger charge is -2.22. The minimum absolute atomic E-state index is 0.0868. The van der Waals surface area contributed by atoms with Crippen molar-refractivity contribution in [2.24, 2.45) is 16.8 Å². The molecule has 0 aliphatic carbocycles. The van der Waals surface area contributed by atoms with Crippen molar-refractivity contribution in [3.8, 4) is 0 Å². The number of carbonyl (C=O) groups excluding carboxylic acids is 1. The fourth-order valence-electron chi connectivity index (χ4n) is 3.77. The minimum Gasteiger partial charge on any atom is -0.481 e. The van der Waals surface area contributed by atoms with Crippen molar-refractivity contribution < 1.29 is 28.3 Å². The first-order valence-electron chi connectivity index (χ1n) is 13.0. The number of nitrogens with one attached hydrogen (secondary N) is 2. The van der Waals surface area contributed by atoms with E-state index in [9.17, 15) is 18.4 Å². The van der Waals surface area contributed by atoms with Crippen LogP contribution in [0.1, 0.15) is 45.1 Å². The lowest BCUT2D eigenvalue weighted by Crippen LogP contribution is -2.32. The zero-order valence-electron chi connectivity index (χ0n) is 22.4. The zero-order chi connectivity index (χ0) is 28.5. The van der Waals surface area contributed by atoms with Gasteiger partial charge in [0, 0.05) is 37.7 Å². The first kappa shape index (κ1) is 31.4. The van der Waals surface area contributed by atoms with Crippen molar-refractivity contribution in [2.45, 2.75) is 52.0 Å². The number of carboxylic acid groups (broad SMARTS) is 1. The molecular formula is C30H37F2N3O4. The molecule has 1 aromatic rings. The van der Waals surface area contributed by atoms with Gasteiger partial charge in [0.1, 0.15) is 17.4 Å². The van der Waals surface area contributed by atoms with Gasteiger partial charge in [-0.1, -0.05) is 43.4 Å². The average Bonchev–Trinajstić information content (AvgIpc) is 3.37. The van der Waals surface area contributed by atoms with Crippen molar-refractivity contribution in [2.75, 3.05) is 6.54 Å². The number of allylic oxidation sites excluding steroid dienone is 5. The van der Waals surface area contributed by atoms with Gasteiger partial charge in [-0.15, -0.1) is 5.48 Å². The molecule has 3 unspecified atom stereocenters. The van der Waals surface area contributed by atoms with Crippen LogP contribution in [-0.2, 0) is 20.8 Å². The van der Waals surface area contributed by atoms with Crippen molar-refractivity contribution >= 4 is 18.1 Å². The number of hydroxylamine groups is 1. The third kappa shape index (κ3) is 13.0. The Kier molecular flexibility index (Phi) is 14.2. The van der Waals surface area contributed by atoms with Crippen molar-refractivity contribution in [3.63, 3.8) is 0 Å². The number of hydrogen-bond acceptors (Lipinski definition) is 5. The second kappa shape index (κ2) is 17.6. The molecule has 1 aliphatic rings. The van der Waals surface area contributed by atoms with E-state index in [0.717, 1.165) is 12.0 Å². The molecule has 9 heteroatoms. The topological polar surface area (TPSA) is 100 Å². The van der Waals surface area contributed by atoms with Crippen LogP contribution in [0.15, 0.2) is 89.6 Å². The van der Waals surface area contributed by atoms with Crippen LogP contribution in [0, 0.1) is 17.7 Å². The number of amides is 1. The molecule has 0 aromatic heterocycles. The predicted octanol–water partition coefficient (Wildman–Crippen LogP) is 5.74. The van der Waals surface area contributed by atoms with Gasteiger partial charge in [0.25, 0.3) is 0 Å². The Labute approximate surface area is 228 Å². The summed E-state index contributed by atoms with van der Waals surface area (Å²) in [4.78, 5) is 32.8.